The van der Waals surface area contributed by atoms with Crippen molar-refractivity contribution in [1.29, 1.82) is 0 Å². The number of rotatable bonds is 31. The van der Waals surface area contributed by atoms with E-state index in [0.29, 0.717) is 29.6 Å². The van der Waals surface area contributed by atoms with E-state index in [2.05, 4.69) is 80.1 Å². The molecule has 0 saturated carbocycles. The Morgan fingerprint density at radius 1 is 0.696 bits per heavy atom. The second-order valence-corrected chi connectivity index (χ2v) is 16.7. The summed E-state index contributed by atoms with van der Waals surface area (Å²) in [4.78, 5) is 28.9. The number of aromatic nitrogens is 6. The van der Waals surface area contributed by atoms with E-state index in [1.807, 2.05) is 0 Å². The summed E-state index contributed by atoms with van der Waals surface area (Å²) < 4.78 is 85.0. The van der Waals surface area contributed by atoms with E-state index < -0.39 is 37.7 Å². The van der Waals surface area contributed by atoms with Crippen LogP contribution >= 0.6 is 24.1 Å². The minimum Gasteiger partial charge on any atom is -0.748 e. The van der Waals surface area contributed by atoms with Crippen LogP contribution in [0, 0.1) is 0 Å². The van der Waals surface area contributed by atoms with Gasteiger partial charge in [0.1, 0.15) is 10.1 Å². The molecule has 4 rings (SSSR count). The number of benzene rings is 2. The van der Waals surface area contributed by atoms with E-state index in [0.717, 1.165) is 6.07 Å². The number of aliphatic hydroxyl groups excluding tert-OH is 3. The number of nitrogens with one attached hydrogen (secondary N) is 5. The number of nitrogens with zero attached hydrogens (tertiary/aromatic N) is 7. The van der Waals surface area contributed by atoms with Crippen molar-refractivity contribution in [2.45, 2.75) is 22.4 Å². The number of ether oxygens (including phenoxy) is 1. The van der Waals surface area contributed by atoms with Crippen LogP contribution in [0.25, 0.3) is 12.2 Å². The Labute approximate surface area is 493 Å². The maximum atomic E-state index is 12.5. The molecule has 0 aliphatic carbocycles. The third-order valence-electron chi connectivity index (χ3n) is 7.78. The topological polar surface area (TPSA) is 417 Å². The number of aliphatic hydroxyl groups is 3. The fraction of sp³-hybridized carbons (Fsp3) is 0.344. The largest absolute Gasteiger partial charge is 1.00 e. The SMILES string of the molecule is O=S(=O)([O-])CCNc1nc(NB(CCO)CCO)nc(Nc2ccc(C=Cc3ccc(Nc4nc(/N=C\CSOO[O-])nc(NCCOCCO)n4)cc3S(=O)(=O)[O-])c(SOO[O-])c2)n1.[Na+].[Na+].[Na+].[Na+]. The Bertz CT molecular complexity index is 2430. The molecular weight excluding hydrogens is 1040 g/mol. The second kappa shape index (κ2) is 36.9. The van der Waals surface area contributed by atoms with Gasteiger partial charge in [-0.25, -0.2) is 21.8 Å². The minimum atomic E-state index is -5.12. The maximum absolute atomic E-state index is 12.5. The standard InChI is InChI=1S/C32H43BN12O16S4.4Na/c46-12-7-33(8-13-47)45-32-43-29(36-11-18-64(51,52)53)42-31(44-32)37-23-5-3-21(25(19-23)63-61-59-50)1-2-22-4-6-24(20-26(22)65(54,55)56)38-30-40-27(34-9-15-57-16-14-48)39-28(41-30)35-10-17-62-60-58-49;;;;/h1-6,10,19-20,46-50H,7-9,11-18H2,(H,51,52,53)(H,54,55,56)(H2,34,38,39,40,41)(H3,36,37,42,43,44,45);;;;/q;4*+1/p-4/b2-1?,35-10-;;;;. The van der Waals surface area contributed by atoms with Gasteiger partial charge in [-0.1, -0.05) is 24.3 Å². The summed E-state index contributed by atoms with van der Waals surface area (Å²) in [5.74, 6) is -1.20. The van der Waals surface area contributed by atoms with E-state index in [-0.39, 0.29) is 240 Å². The van der Waals surface area contributed by atoms with Crippen LogP contribution in [-0.4, -0.2) is 142 Å². The molecule has 2 heterocycles. The molecule has 2 aromatic carbocycles. The number of hydrogen-bond donors (Lipinski definition) is 8. The van der Waals surface area contributed by atoms with Gasteiger partial charge >= 0.3 is 118 Å². The molecular formula is C32H39BN12Na4O16S4. The van der Waals surface area contributed by atoms with Crippen LogP contribution in [0.1, 0.15) is 11.1 Å². The molecule has 354 valence electrons. The fourth-order valence-corrected chi connectivity index (χ4v) is 6.87. The molecule has 0 fully saturated rings. The third kappa shape index (κ3) is 26.7. The van der Waals surface area contributed by atoms with Crippen molar-refractivity contribution in [3.05, 3.63) is 47.5 Å². The minimum absolute atomic E-state index is 0. The first-order valence-electron chi connectivity index (χ1n) is 18.5. The monoisotopic (exact) mass is 1080 g/mol. The van der Waals surface area contributed by atoms with Crippen LogP contribution in [-0.2, 0) is 43.7 Å². The van der Waals surface area contributed by atoms with Gasteiger partial charge in [0.15, 0.2) is 0 Å². The molecule has 28 nitrogen and oxygen atoms in total. The van der Waals surface area contributed by atoms with Crippen molar-refractivity contribution >= 4 is 117 Å². The van der Waals surface area contributed by atoms with Crippen molar-refractivity contribution in [3.8, 4) is 0 Å². The van der Waals surface area contributed by atoms with Crippen molar-refractivity contribution in [2.24, 2.45) is 4.99 Å². The predicted octanol–water partition coefficient (Wildman–Crippen LogP) is -12.8. The summed E-state index contributed by atoms with van der Waals surface area (Å²) in [5.41, 5.74) is 0.636. The van der Waals surface area contributed by atoms with Crippen LogP contribution in [0.2, 0.25) is 12.6 Å². The zero-order valence-corrected chi connectivity index (χ0v) is 48.7. The van der Waals surface area contributed by atoms with Gasteiger partial charge in [0.05, 0.1) is 58.4 Å². The summed E-state index contributed by atoms with van der Waals surface area (Å²) in [5, 5.41) is 69.7. The molecule has 8 N–H and O–H groups in total. The van der Waals surface area contributed by atoms with E-state index >= 15 is 0 Å². The molecule has 37 heteroatoms. The Morgan fingerprint density at radius 2 is 1.26 bits per heavy atom. The molecule has 0 atom stereocenters. The molecule has 0 unspecified atom stereocenters. The van der Waals surface area contributed by atoms with E-state index in [9.17, 15) is 46.7 Å². The van der Waals surface area contributed by atoms with Crippen LogP contribution < -0.4 is 155 Å². The molecule has 69 heavy (non-hydrogen) atoms. The van der Waals surface area contributed by atoms with Gasteiger partial charge in [-0.2, -0.15) is 38.6 Å². The smallest absolute Gasteiger partial charge is 0.748 e. The summed E-state index contributed by atoms with van der Waals surface area (Å²) in [6.45, 7) is -0.938. The number of aliphatic imine (C=N–C) groups is 1. The van der Waals surface area contributed by atoms with Crippen molar-refractivity contribution in [3.63, 3.8) is 0 Å². The van der Waals surface area contributed by atoms with Crippen molar-refractivity contribution in [1.82, 2.24) is 29.9 Å². The number of hydrogen-bond acceptors (Lipinski definition) is 30. The van der Waals surface area contributed by atoms with Gasteiger partial charge in [-0.05, 0) is 48.0 Å². The molecule has 0 bridgehead atoms. The first-order valence-corrected chi connectivity index (χ1v) is 23.2. The molecule has 0 radical (unpaired) electrons. The Kier molecular flexibility index (Phi) is 36.4. The van der Waals surface area contributed by atoms with Crippen molar-refractivity contribution in [2.75, 3.05) is 84.1 Å². The Balaban J connectivity index is 0.0000116. The average molecular weight is 1080 g/mol. The van der Waals surface area contributed by atoms with E-state index in [4.69, 9.17) is 9.84 Å². The Hall–Kier alpha value is -0.945. The molecule has 0 aliphatic rings. The Morgan fingerprint density at radius 3 is 1.88 bits per heavy atom. The third-order valence-corrected chi connectivity index (χ3v) is 10.5. The molecule has 0 aliphatic heterocycles. The normalized spacial score (nSPS) is 11.2. The van der Waals surface area contributed by atoms with Crippen LogP contribution in [0.4, 0.5) is 47.1 Å². The molecule has 0 spiro atoms. The van der Waals surface area contributed by atoms with Gasteiger partial charge in [-0.3, -0.25) is 10.1 Å². The first-order chi connectivity index (χ1) is 31.2. The summed E-state index contributed by atoms with van der Waals surface area (Å²) in [6, 6.07) is 8.31. The van der Waals surface area contributed by atoms with Crippen LogP contribution in [0.3, 0.4) is 0 Å². The summed E-state index contributed by atoms with van der Waals surface area (Å²) in [7, 11) is -9.69. The van der Waals surface area contributed by atoms with Gasteiger partial charge in [0, 0.05) is 60.8 Å². The number of anilines is 7. The molecule has 0 saturated heterocycles. The molecule has 4 aromatic rings. The summed E-state index contributed by atoms with van der Waals surface area (Å²) in [6.07, 6.45) is 4.47. The first kappa shape index (κ1) is 68.1. The van der Waals surface area contributed by atoms with Gasteiger partial charge in [-0.15, -0.1) is 0 Å². The van der Waals surface area contributed by atoms with E-state index in [1.165, 1.54) is 48.7 Å². The van der Waals surface area contributed by atoms with Crippen molar-refractivity contribution < 1.29 is 193 Å². The average Bonchev–Trinajstić information content (AvgIpc) is 3.25. The molecule has 2 aromatic heterocycles. The zero-order valence-electron chi connectivity index (χ0n) is 37.5. The van der Waals surface area contributed by atoms with Gasteiger partial charge in [0.25, 0.3) is 12.8 Å². The van der Waals surface area contributed by atoms with Crippen LogP contribution in [0.15, 0.2) is 51.2 Å². The summed E-state index contributed by atoms with van der Waals surface area (Å²) >= 11 is 1.11. The second-order valence-electron chi connectivity index (χ2n) is 12.4. The fourth-order valence-electron chi connectivity index (χ4n) is 5.08. The maximum Gasteiger partial charge on any atom is 1.00 e. The van der Waals surface area contributed by atoms with Gasteiger partial charge in [0.2, 0.25) is 29.7 Å². The van der Waals surface area contributed by atoms with Crippen LogP contribution in [0.5, 0.6) is 0 Å². The van der Waals surface area contributed by atoms with E-state index in [1.54, 1.807) is 0 Å². The van der Waals surface area contributed by atoms with Gasteiger partial charge < -0.3 is 66.2 Å². The predicted molar refractivity (Wildman–Crippen MR) is 229 cm³/mol. The zero-order chi connectivity index (χ0) is 47.1. The quantitative estimate of drug-likeness (QED) is 0.00339. The molecule has 0 amide bonds.